The van der Waals surface area contributed by atoms with Crippen LogP contribution in [0.3, 0.4) is 0 Å². The summed E-state index contributed by atoms with van der Waals surface area (Å²) >= 11 is 0. The lowest BCUT2D eigenvalue weighted by Crippen LogP contribution is -2.38. The number of carbonyl (C=O) groups excluding carboxylic acids is 2. The molecule has 12 heteroatoms. The maximum atomic E-state index is 13.2. The average Bonchev–Trinajstić information content (AvgIpc) is 2.95. The molecule has 32 heavy (non-hydrogen) atoms. The number of nitrogens with zero attached hydrogens (tertiary/aromatic N) is 1. The zero-order valence-electron chi connectivity index (χ0n) is 17.9. The average molecular weight is 489 g/mol. The fourth-order valence-corrected chi connectivity index (χ4v) is 7.19. The van der Waals surface area contributed by atoms with E-state index in [0.717, 1.165) is 25.7 Å². The molecule has 10 nitrogen and oxygen atoms in total. The second-order valence-electron chi connectivity index (χ2n) is 7.93. The van der Waals surface area contributed by atoms with E-state index in [4.69, 9.17) is 9.47 Å². The van der Waals surface area contributed by atoms with Crippen molar-refractivity contribution >= 4 is 31.7 Å². The Bertz CT molecular complexity index is 1060. The molecule has 1 aromatic rings. The Balaban J connectivity index is 1.68. The van der Waals surface area contributed by atoms with Crippen molar-refractivity contribution in [2.45, 2.75) is 43.0 Å². The quantitative estimate of drug-likeness (QED) is 0.555. The van der Waals surface area contributed by atoms with Gasteiger partial charge < -0.3 is 14.8 Å². The van der Waals surface area contributed by atoms with Crippen LogP contribution in [0.25, 0.3) is 0 Å². The summed E-state index contributed by atoms with van der Waals surface area (Å²) in [5.41, 5.74) is -0.0320. The molecule has 1 atom stereocenters. The number of carbonyl (C=O) groups is 2. The first-order valence-corrected chi connectivity index (χ1v) is 13.7. The molecule has 0 radical (unpaired) electrons. The first kappa shape index (κ1) is 24.5. The van der Waals surface area contributed by atoms with Crippen molar-refractivity contribution in [2.24, 2.45) is 0 Å². The number of sulfonamides is 1. The lowest BCUT2D eigenvalue weighted by atomic mass is 10.2. The Kier molecular flexibility index (Phi) is 7.78. The van der Waals surface area contributed by atoms with Crippen molar-refractivity contribution in [1.29, 1.82) is 0 Å². The highest BCUT2D eigenvalue weighted by atomic mass is 32.2. The Morgan fingerprint density at radius 3 is 2.44 bits per heavy atom. The third kappa shape index (κ3) is 5.99. The summed E-state index contributed by atoms with van der Waals surface area (Å²) in [5.74, 6) is -1.49. The number of amides is 1. The van der Waals surface area contributed by atoms with Crippen molar-refractivity contribution in [1.82, 2.24) is 9.62 Å². The SMILES string of the molecule is COc1ccc(C(=O)OCC(=O)NC2CCS(=O)(=O)C2)cc1S(=O)(=O)N1CCCCCC1. The highest BCUT2D eigenvalue weighted by Gasteiger charge is 2.30. The Morgan fingerprint density at radius 2 is 1.84 bits per heavy atom. The predicted octanol–water partition coefficient (Wildman–Crippen LogP) is 0.720. The minimum atomic E-state index is -3.88. The second kappa shape index (κ2) is 10.2. The van der Waals surface area contributed by atoms with Crippen LogP contribution in [0.15, 0.2) is 23.1 Å². The van der Waals surface area contributed by atoms with Gasteiger partial charge in [-0.1, -0.05) is 12.8 Å². The van der Waals surface area contributed by atoms with Gasteiger partial charge in [0, 0.05) is 19.1 Å². The van der Waals surface area contributed by atoms with Gasteiger partial charge >= 0.3 is 5.97 Å². The van der Waals surface area contributed by atoms with Crippen molar-refractivity contribution in [3.8, 4) is 5.75 Å². The Hall–Kier alpha value is -2.18. The van der Waals surface area contributed by atoms with E-state index in [0.29, 0.717) is 19.5 Å². The van der Waals surface area contributed by atoms with E-state index in [1.165, 1.54) is 29.6 Å². The van der Waals surface area contributed by atoms with Crippen LogP contribution < -0.4 is 10.1 Å². The predicted molar refractivity (Wildman–Crippen MR) is 116 cm³/mol. The van der Waals surface area contributed by atoms with E-state index >= 15 is 0 Å². The number of benzene rings is 1. The summed E-state index contributed by atoms with van der Waals surface area (Å²) < 4.78 is 60.9. The number of hydrogen-bond acceptors (Lipinski definition) is 8. The van der Waals surface area contributed by atoms with Gasteiger partial charge in [-0.15, -0.1) is 0 Å². The minimum absolute atomic E-state index is 0.0118. The number of esters is 1. The summed E-state index contributed by atoms with van der Waals surface area (Å²) in [6, 6.07) is 3.44. The highest BCUT2D eigenvalue weighted by molar-refractivity contribution is 7.91. The lowest BCUT2D eigenvalue weighted by molar-refractivity contribution is -0.124. The molecule has 2 saturated heterocycles. The first-order valence-electron chi connectivity index (χ1n) is 10.5. The normalized spacial score (nSPS) is 21.5. The Morgan fingerprint density at radius 1 is 1.16 bits per heavy atom. The summed E-state index contributed by atoms with van der Waals surface area (Å²) in [4.78, 5) is 24.3. The van der Waals surface area contributed by atoms with Crippen LogP contribution in [0, 0.1) is 0 Å². The van der Waals surface area contributed by atoms with Crippen molar-refractivity contribution in [3.63, 3.8) is 0 Å². The van der Waals surface area contributed by atoms with Crippen LogP contribution in [-0.4, -0.2) is 77.4 Å². The standard InChI is InChI=1S/C20H28N2O8S2/c1-29-17-7-6-15(12-18(17)32(27,28)22-9-4-2-3-5-10-22)20(24)30-13-19(23)21-16-8-11-31(25,26)14-16/h6-7,12,16H,2-5,8-11,13-14H2,1H3,(H,21,23). The van der Waals surface area contributed by atoms with Crippen LogP contribution in [0.1, 0.15) is 42.5 Å². The highest BCUT2D eigenvalue weighted by Crippen LogP contribution is 2.29. The summed E-state index contributed by atoms with van der Waals surface area (Å²) in [6.07, 6.45) is 3.77. The van der Waals surface area contributed by atoms with Crippen LogP contribution in [0.2, 0.25) is 0 Å². The van der Waals surface area contributed by atoms with Gasteiger partial charge in [-0.2, -0.15) is 4.31 Å². The maximum Gasteiger partial charge on any atom is 0.338 e. The van der Waals surface area contributed by atoms with Crippen LogP contribution >= 0.6 is 0 Å². The molecule has 1 N–H and O–H groups in total. The third-order valence-electron chi connectivity index (χ3n) is 5.51. The summed E-state index contributed by atoms with van der Waals surface area (Å²) in [6.45, 7) is 0.198. The van der Waals surface area contributed by atoms with E-state index in [1.807, 2.05) is 0 Å². The number of ether oxygens (including phenoxy) is 2. The number of sulfone groups is 1. The molecule has 2 fully saturated rings. The fourth-order valence-electron chi connectivity index (χ4n) is 3.82. The number of hydrogen-bond donors (Lipinski definition) is 1. The number of nitrogens with one attached hydrogen (secondary N) is 1. The van der Waals surface area contributed by atoms with Gasteiger partial charge in [0.1, 0.15) is 10.6 Å². The van der Waals surface area contributed by atoms with E-state index in [9.17, 15) is 26.4 Å². The molecule has 1 unspecified atom stereocenters. The number of methoxy groups -OCH3 is 1. The molecule has 0 saturated carbocycles. The monoisotopic (exact) mass is 488 g/mol. The molecule has 2 heterocycles. The van der Waals surface area contributed by atoms with Gasteiger partial charge in [0.05, 0.1) is 24.2 Å². The molecule has 3 rings (SSSR count). The van der Waals surface area contributed by atoms with Crippen LogP contribution in [-0.2, 0) is 29.4 Å². The third-order valence-corrected chi connectivity index (χ3v) is 9.20. The van der Waals surface area contributed by atoms with E-state index in [1.54, 1.807) is 0 Å². The molecule has 0 bridgehead atoms. The van der Waals surface area contributed by atoms with Crippen LogP contribution in [0.4, 0.5) is 0 Å². The van der Waals surface area contributed by atoms with Crippen molar-refractivity contribution < 1.29 is 35.9 Å². The zero-order chi connectivity index (χ0) is 23.4. The summed E-state index contributed by atoms with van der Waals surface area (Å²) in [7, 11) is -5.68. The van der Waals surface area contributed by atoms with Gasteiger partial charge in [0.2, 0.25) is 10.0 Å². The Labute approximate surface area is 188 Å². The molecule has 0 spiro atoms. The van der Waals surface area contributed by atoms with Crippen molar-refractivity contribution in [3.05, 3.63) is 23.8 Å². The van der Waals surface area contributed by atoms with E-state index in [-0.39, 0.29) is 27.7 Å². The largest absolute Gasteiger partial charge is 0.495 e. The van der Waals surface area contributed by atoms with Gasteiger partial charge in [-0.3, -0.25) is 4.79 Å². The molecule has 1 amide bonds. The second-order valence-corrected chi connectivity index (χ2v) is 12.1. The molecule has 2 aliphatic heterocycles. The maximum absolute atomic E-state index is 13.2. The molecule has 1 aromatic carbocycles. The topological polar surface area (TPSA) is 136 Å². The first-order chi connectivity index (χ1) is 15.1. The van der Waals surface area contributed by atoms with Gasteiger partial charge in [-0.25, -0.2) is 21.6 Å². The van der Waals surface area contributed by atoms with Gasteiger partial charge in [0.25, 0.3) is 5.91 Å². The smallest absolute Gasteiger partial charge is 0.338 e. The lowest BCUT2D eigenvalue weighted by Gasteiger charge is -2.21. The molecule has 0 aromatic heterocycles. The zero-order valence-corrected chi connectivity index (χ0v) is 19.5. The molecular weight excluding hydrogens is 460 g/mol. The molecular formula is C20H28N2O8S2. The molecule has 2 aliphatic rings. The van der Waals surface area contributed by atoms with Gasteiger partial charge in [0.15, 0.2) is 16.4 Å². The van der Waals surface area contributed by atoms with Crippen molar-refractivity contribution in [2.75, 3.05) is 38.3 Å². The van der Waals surface area contributed by atoms with Gasteiger partial charge in [-0.05, 0) is 37.5 Å². The number of rotatable bonds is 7. The summed E-state index contributed by atoms with van der Waals surface area (Å²) in [5, 5.41) is 2.53. The van der Waals surface area contributed by atoms with E-state index < -0.39 is 44.4 Å². The molecule has 0 aliphatic carbocycles. The molecule has 178 valence electrons. The van der Waals surface area contributed by atoms with Crippen LogP contribution in [0.5, 0.6) is 5.75 Å². The fraction of sp³-hybridized carbons (Fsp3) is 0.600. The minimum Gasteiger partial charge on any atom is -0.495 e. The van der Waals surface area contributed by atoms with E-state index in [2.05, 4.69) is 5.32 Å².